The van der Waals surface area contributed by atoms with Crippen LogP contribution in [0.5, 0.6) is 0 Å². The molecule has 144 valence electrons. The maximum atomic E-state index is 12.6. The van der Waals surface area contributed by atoms with Gasteiger partial charge in [0.2, 0.25) is 11.8 Å². The number of para-hydroxylation sites is 1. The van der Waals surface area contributed by atoms with Crippen LogP contribution in [-0.4, -0.2) is 24.4 Å². The minimum Gasteiger partial charge on any atom is -0.325 e. The zero-order valence-electron chi connectivity index (χ0n) is 16.3. The summed E-state index contributed by atoms with van der Waals surface area (Å²) in [5.74, 6) is -0.0198. The molecular formula is C22H29N3O2. The van der Waals surface area contributed by atoms with E-state index in [4.69, 9.17) is 5.73 Å². The monoisotopic (exact) mass is 367 g/mol. The van der Waals surface area contributed by atoms with E-state index in [1.807, 2.05) is 75.4 Å². The third kappa shape index (κ3) is 5.66. The van der Waals surface area contributed by atoms with Crippen molar-refractivity contribution < 1.29 is 9.59 Å². The average Bonchev–Trinajstić information content (AvgIpc) is 2.69. The lowest BCUT2D eigenvalue weighted by Gasteiger charge is -2.21. The van der Waals surface area contributed by atoms with E-state index in [2.05, 4.69) is 5.32 Å². The largest absolute Gasteiger partial charge is 0.325 e. The number of nitrogens with two attached hydrogens (primary N) is 1. The van der Waals surface area contributed by atoms with Crippen LogP contribution in [-0.2, 0) is 16.0 Å². The zero-order chi connectivity index (χ0) is 19.8. The molecule has 0 aliphatic rings. The van der Waals surface area contributed by atoms with Gasteiger partial charge in [0.1, 0.15) is 0 Å². The third-order valence-corrected chi connectivity index (χ3v) is 4.82. The molecule has 0 saturated heterocycles. The van der Waals surface area contributed by atoms with Gasteiger partial charge in [0.15, 0.2) is 0 Å². The van der Waals surface area contributed by atoms with Crippen molar-refractivity contribution in [3.05, 3.63) is 60.2 Å². The summed E-state index contributed by atoms with van der Waals surface area (Å²) in [4.78, 5) is 26.6. The number of benzene rings is 2. The molecule has 5 nitrogen and oxygen atoms in total. The molecule has 0 radical (unpaired) electrons. The lowest BCUT2D eigenvalue weighted by molar-refractivity contribution is -0.119. The molecule has 3 N–H and O–H groups in total. The SMILES string of the molecule is CCC(C)C(N)C(=O)Nc1ccc(CC(=O)N(CC)c2ccccc2)cc1. The fourth-order valence-corrected chi connectivity index (χ4v) is 2.82. The highest BCUT2D eigenvalue weighted by atomic mass is 16.2. The second kappa shape index (κ2) is 9.88. The van der Waals surface area contributed by atoms with Gasteiger partial charge in [0.05, 0.1) is 12.5 Å². The van der Waals surface area contributed by atoms with Crippen LogP contribution in [0.1, 0.15) is 32.8 Å². The van der Waals surface area contributed by atoms with Crippen molar-refractivity contribution in [3.63, 3.8) is 0 Å². The summed E-state index contributed by atoms with van der Waals surface area (Å²) in [5, 5.41) is 2.84. The fraction of sp³-hybridized carbons (Fsp3) is 0.364. The number of nitrogens with zero attached hydrogens (tertiary/aromatic N) is 1. The Bertz CT molecular complexity index is 744. The molecule has 2 aromatic rings. The molecular weight excluding hydrogens is 338 g/mol. The molecule has 0 spiro atoms. The second-order valence-corrected chi connectivity index (χ2v) is 6.75. The molecule has 0 bridgehead atoms. The Morgan fingerprint density at radius 2 is 1.67 bits per heavy atom. The number of carbonyl (C=O) groups is 2. The normalized spacial score (nSPS) is 12.9. The number of rotatable bonds is 8. The molecule has 0 aliphatic heterocycles. The van der Waals surface area contributed by atoms with E-state index in [1.165, 1.54) is 0 Å². The maximum Gasteiger partial charge on any atom is 0.241 e. The van der Waals surface area contributed by atoms with Crippen LogP contribution in [0.4, 0.5) is 11.4 Å². The first-order valence-corrected chi connectivity index (χ1v) is 9.47. The molecule has 2 atom stereocenters. The average molecular weight is 367 g/mol. The van der Waals surface area contributed by atoms with Crippen molar-refractivity contribution in [2.75, 3.05) is 16.8 Å². The molecule has 2 unspecified atom stereocenters. The topological polar surface area (TPSA) is 75.4 Å². The van der Waals surface area contributed by atoms with Gasteiger partial charge in [-0.25, -0.2) is 0 Å². The van der Waals surface area contributed by atoms with E-state index >= 15 is 0 Å². The highest BCUT2D eigenvalue weighted by molar-refractivity contribution is 5.96. The standard InChI is InChI=1S/C22H29N3O2/c1-4-16(3)21(23)22(27)24-18-13-11-17(12-14-18)15-20(26)25(5-2)19-9-7-6-8-10-19/h6-14,16,21H,4-5,15,23H2,1-3H3,(H,24,27). The first kappa shape index (κ1) is 20.6. The Balaban J connectivity index is 1.99. The van der Waals surface area contributed by atoms with Gasteiger partial charge < -0.3 is 16.0 Å². The maximum absolute atomic E-state index is 12.6. The highest BCUT2D eigenvalue weighted by Gasteiger charge is 2.19. The Morgan fingerprint density at radius 3 is 2.22 bits per heavy atom. The minimum atomic E-state index is -0.528. The summed E-state index contributed by atoms with van der Waals surface area (Å²) >= 11 is 0. The van der Waals surface area contributed by atoms with Crippen molar-refractivity contribution in [1.29, 1.82) is 0 Å². The molecule has 2 aromatic carbocycles. The van der Waals surface area contributed by atoms with Crippen LogP contribution in [0.2, 0.25) is 0 Å². The number of hydrogen-bond donors (Lipinski definition) is 2. The first-order valence-electron chi connectivity index (χ1n) is 9.47. The van der Waals surface area contributed by atoms with Gasteiger partial charge in [-0.3, -0.25) is 9.59 Å². The quantitative estimate of drug-likeness (QED) is 0.748. The number of amides is 2. The van der Waals surface area contributed by atoms with Crippen molar-refractivity contribution in [2.24, 2.45) is 11.7 Å². The van der Waals surface area contributed by atoms with Crippen molar-refractivity contribution in [2.45, 2.75) is 39.7 Å². The van der Waals surface area contributed by atoms with Gasteiger partial charge in [-0.1, -0.05) is 50.6 Å². The third-order valence-electron chi connectivity index (χ3n) is 4.82. The van der Waals surface area contributed by atoms with Crippen LogP contribution in [0.15, 0.2) is 54.6 Å². The first-order chi connectivity index (χ1) is 13.0. The van der Waals surface area contributed by atoms with Gasteiger partial charge in [-0.05, 0) is 42.7 Å². The lowest BCUT2D eigenvalue weighted by atomic mass is 9.99. The number of likely N-dealkylation sites (N-methyl/N-ethyl adjacent to an activating group) is 1. The summed E-state index contributed by atoms with van der Waals surface area (Å²) < 4.78 is 0. The molecule has 0 heterocycles. The van der Waals surface area contributed by atoms with E-state index in [9.17, 15) is 9.59 Å². The van der Waals surface area contributed by atoms with Gasteiger partial charge >= 0.3 is 0 Å². The van der Waals surface area contributed by atoms with E-state index in [1.54, 1.807) is 4.90 Å². The Kier molecular flexibility index (Phi) is 7.55. The summed E-state index contributed by atoms with van der Waals surface area (Å²) in [5.41, 5.74) is 8.44. The van der Waals surface area contributed by atoms with Gasteiger partial charge in [0, 0.05) is 17.9 Å². The smallest absolute Gasteiger partial charge is 0.241 e. The van der Waals surface area contributed by atoms with Crippen molar-refractivity contribution >= 4 is 23.2 Å². The summed E-state index contributed by atoms with van der Waals surface area (Å²) in [7, 11) is 0. The molecule has 0 aliphatic carbocycles. The Morgan fingerprint density at radius 1 is 1.04 bits per heavy atom. The Hall–Kier alpha value is -2.66. The van der Waals surface area contributed by atoms with E-state index in [0.29, 0.717) is 18.7 Å². The van der Waals surface area contributed by atoms with Crippen LogP contribution >= 0.6 is 0 Å². The number of carbonyl (C=O) groups excluding carboxylic acids is 2. The molecule has 2 amide bonds. The second-order valence-electron chi connectivity index (χ2n) is 6.75. The fourth-order valence-electron chi connectivity index (χ4n) is 2.82. The zero-order valence-corrected chi connectivity index (χ0v) is 16.3. The lowest BCUT2D eigenvalue weighted by Crippen LogP contribution is -2.40. The van der Waals surface area contributed by atoms with Crippen LogP contribution in [0, 0.1) is 5.92 Å². The van der Waals surface area contributed by atoms with Gasteiger partial charge in [-0.2, -0.15) is 0 Å². The van der Waals surface area contributed by atoms with Crippen molar-refractivity contribution in [1.82, 2.24) is 0 Å². The predicted molar refractivity (Wildman–Crippen MR) is 111 cm³/mol. The number of nitrogens with one attached hydrogen (secondary N) is 1. The van der Waals surface area contributed by atoms with E-state index < -0.39 is 6.04 Å². The molecule has 2 rings (SSSR count). The minimum absolute atomic E-state index is 0.0410. The van der Waals surface area contributed by atoms with E-state index in [0.717, 1.165) is 17.7 Å². The highest BCUT2D eigenvalue weighted by Crippen LogP contribution is 2.17. The number of hydrogen-bond acceptors (Lipinski definition) is 3. The van der Waals surface area contributed by atoms with Crippen LogP contribution in [0.3, 0.4) is 0 Å². The summed E-state index contributed by atoms with van der Waals surface area (Å²) in [6.45, 7) is 6.55. The Labute approximate surface area is 161 Å². The summed E-state index contributed by atoms with van der Waals surface area (Å²) in [6.07, 6.45) is 1.16. The molecule has 0 saturated carbocycles. The van der Waals surface area contributed by atoms with Crippen LogP contribution < -0.4 is 16.0 Å². The molecule has 27 heavy (non-hydrogen) atoms. The van der Waals surface area contributed by atoms with E-state index in [-0.39, 0.29) is 17.7 Å². The van der Waals surface area contributed by atoms with Crippen molar-refractivity contribution in [3.8, 4) is 0 Å². The molecule has 0 aromatic heterocycles. The van der Waals surface area contributed by atoms with Crippen LogP contribution in [0.25, 0.3) is 0 Å². The molecule has 0 fully saturated rings. The van der Waals surface area contributed by atoms with Gasteiger partial charge in [-0.15, -0.1) is 0 Å². The predicted octanol–water partition coefficient (Wildman–Crippen LogP) is 3.59. The summed E-state index contributed by atoms with van der Waals surface area (Å²) in [6, 6.07) is 16.5. The van der Waals surface area contributed by atoms with Gasteiger partial charge in [0.25, 0.3) is 0 Å². The number of anilines is 2. The molecule has 5 heteroatoms.